The number of benzene rings is 1. The molecule has 2 nitrogen and oxygen atoms in total. The topological polar surface area (TPSA) is 32.9 Å². The molecule has 0 radical (unpaired) electrons. The Morgan fingerprint density at radius 2 is 2.14 bits per heavy atom. The Kier molecular flexibility index (Phi) is 2.19. The number of H-pyrrole nitrogens is 1. The number of Topliss-reactive ketones (excluding diaryl/α,β-unsaturated/α-hetero) is 1. The number of carbonyl (C=O) groups is 1. The summed E-state index contributed by atoms with van der Waals surface area (Å²) in [5.41, 5.74) is 2.81. The van der Waals surface area contributed by atoms with Gasteiger partial charge in [0.1, 0.15) is 0 Å². The number of hydrogen-bond donors (Lipinski definition) is 1. The minimum absolute atomic E-state index is 0.0486. The van der Waals surface area contributed by atoms with Gasteiger partial charge in [-0.05, 0) is 34.5 Å². The minimum Gasteiger partial charge on any atom is -0.351 e. The zero-order chi connectivity index (χ0) is 10.3. The minimum atomic E-state index is 0.0486. The second-order valence-corrected chi connectivity index (χ2v) is 4.16. The zero-order valence-corrected chi connectivity index (χ0v) is 9.60. The van der Waals surface area contributed by atoms with Gasteiger partial charge in [0.15, 0.2) is 5.78 Å². The quantitative estimate of drug-likeness (QED) is 0.775. The van der Waals surface area contributed by atoms with E-state index in [9.17, 15) is 4.79 Å². The van der Waals surface area contributed by atoms with Crippen LogP contribution in [-0.4, -0.2) is 10.8 Å². The number of aryl methyl sites for hydroxylation is 1. The van der Waals surface area contributed by atoms with Gasteiger partial charge in [-0.1, -0.05) is 12.1 Å². The average molecular weight is 252 g/mol. The Labute approximate surface area is 90.4 Å². The first-order chi connectivity index (χ1) is 6.61. The number of rotatable bonds is 1. The van der Waals surface area contributed by atoms with E-state index in [2.05, 4.69) is 20.9 Å². The molecular formula is C11H10BrNO. The van der Waals surface area contributed by atoms with Crippen LogP contribution < -0.4 is 0 Å². The standard InChI is InChI=1S/C11H10BrNO/c1-6-4-3-5-8-9(6)10(12)11(13-8)7(2)14/h3-5,13H,1-2H3. The fourth-order valence-corrected chi connectivity index (χ4v) is 2.52. The lowest BCUT2D eigenvalue weighted by Crippen LogP contribution is -1.91. The first-order valence-electron chi connectivity index (χ1n) is 4.39. The van der Waals surface area contributed by atoms with Crippen LogP contribution in [-0.2, 0) is 0 Å². The molecule has 0 bridgehead atoms. The van der Waals surface area contributed by atoms with Crippen molar-refractivity contribution in [3.8, 4) is 0 Å². The Balaban J connectivity index is 2.87. The fourth-order valence-electron chi connectivity index (χ4n) is 1.62. The Bertz CT molecular complexity index is 513. The first kappa shape index (κ1) is 9.46. The number of aromatic amines is 1. The summed E-state index contributed by atoms with van der Waals surface area (Å²) in [6, 6.07) is 5.98. The van der Waals surface area contributed by atoms with Crippen molar-refractivity contribution in [3.05, 3.63) is 33.9 Å². The normalized spacial score (nSPS) is 10.8. The smallest absolute Gasteiger partial charge is 0.177 e. The van der Waals surface area contributed by atoms with E-state index in [0.29, 0.717) is 5.69 Å². The molecule has 2 aromatic rings. The van der Waals surface area contributed by atoms with Gasteiger partial charge < -0.3 is 4.98 Å². The van der Waals surface area contributed by atoms with Gasteiger partial charge in [0.05, 0.1) is 10.2 Å². The van der Waals surface area contributed by atoms with E-state index in [4.69, 9.17) is 0 Å². The molecule has 1 N–H and O–H groups in total. The van der Waals surface area contributed by atoms with Gasteiger partial charge >= 0.3 is 0 Å². The van der Waals surface area contributed by atoms with Crippen LogP contribution in [0.3, 0.4) is 0 Å². The highest BCUT2D eigenvalue weighted by Crippen LogP contribution is 2.30. The van der Waals surface area contributed by atoms with E-state index in [1.165, 1.54) is 0 Å². The van der Waals surface area contributed by atoms with E-state index < -0.39 is 0 Å². The molecule has 0 aliphatic carbocycles. The average Bonchev–Trinajstić information content (AvgIpc) is 2.45. The first-order valence-corrected chi connectivity index (χ1v) is 5.18. The molecule has 0 spiro atoms. The summed E-state index contributed by atoms with van der Waals surface area (Å²) in [5.74, 6) is 0.0486. The number of carbonyl (C=O) groups excluding carboxylic acids is 1. The fraction of sp³-hybridized carbons (Fsp3) is 0.182. The van der Waals surface area contributed by atoms with E-state index >= 15 is 0 Å². The van der Waals surface area contributed by atoms with Crippen LogP contribution >= 0.6 is 15.9 Å². The van der Waals surface area contributed by atoms with Crippen LogP contribution in [0.15, 0.2) is 22.7 Å². The van der Waals surface area contributed by atoms with Crippen LogP contribution in [0.5, 0.6) is 0 Å². The van der Waals surface area contributed by atoms with Crippen LogP contribution in [0, 0.1) is 6.92 Å². The summed E-state index contributed by atoms with van der Waals surface area (Å²) < 4.78 is 0.873. The largest absolute Gasteiger partial charge is 0.351 e. The number of fused-ring (bicyclic) bond motifs is 1. The summed E-state index contributed by atoms with van der Waals surface area (Å²) in [5, 5.41) is 1.10. The van der Waals surface area contributed by atoms with Crippen molar-refractivity contribution >= 4 is 32.6 Å². The summed E-state index contributed by atoms with van der Waals surface area (Å²) >= 11 is 3.45. The Morgan fingerprint density at radius 1 is 1.43 bits per heavy atom. The predicted octanol–water partition coefficient (Wildman–Crippen LogP) is 3.44. The van der Waals surface area contributed by atoms with Gasteiger partial charge in [-0.3, -0.25) is 4.79 Å². The lowest BCUT2D eigenvalue weighted by molar-refractivity contribution is 0.101. The third-order valence-electron chi connectivity index (χ3n) is 2.32. The lowest BCUT2D eigenvalue weighted by atomic mass is 10.1. The van der Waals surface area contributed by atoms with Crippen molar-refractivity contribution in [1.82, 2.24) is 4.98 Å². The molecule has 0 saturated carbocycles. The van der Waals surface area contributed by atoms with Crippen LogP contribution in [0.1, 0.15) is 23.0 Å². The van der Waals surface area contributed by atoms with Gasteiger partial charge in [-0.2, -0.15) is 0 Å². The van der Waals surface area contributed by atoms with Crippen LogP contribution in [0.4, 0.5) is 0 Å². The summed E-state index contributed by atoms with van der Waals surface area (Å²) in [4.78, 5) is 14.4. The summed E-state index contributed by atoms with van der Waals surface area (Å²) in [6.45, 7) is 3.59. The third-order valence-corrected chi connectivity index (χ3v) is 3.12. The Hall–Kier alpha value is -1.09. The molecule has 72 valence electrons. The maximum atomic E-state index is 11.3. The maximum Gasteiger partial charge on any atom is 0.177 e. The van der Waals surface area contributed by atoms with E-state index in [-0.39, 0.29) is 5.78 Å². The van der Waals surface area contributed by atoms with Crippen molar-refractivity contribution in [2.24, 2.45) is 0 Å². The molecule has 1 heterocycles. The van der Waals surface area contributed by atoms with Crippen molar-refractivity contribution in [1.29, 1.82) is 0 Å². The molecule has 0 unspecified atom stereocenters. The number of aromatic nitrogens is 1. The molecule has 2 rings (SSSR count). The molecule has 14 heavy (non-hydrogen) atoms. The van der Waals surface area contributed by atoms with Crippen molar-refractivity contribution in [3.63, 3.8) is 0 Å². The van der Waals surface area contributed by atoms with Crippen molar-refractivity contribution < 1.29 is 4.79 Å². The second kappa shape index (κ2) is 3.24. The lowest BCUT2D eigenvalue weighted by Gasteiger charge is -1.95. The number of nitrogens with one attached hydrogen (secondary N) is 1. The van der Waals surface area contributed by atoms with E-state index in [0.717, 1.165) is 20.9 Å². The van der Waals surface area contributed by atoms with Gasteiger partial charge in [-0.25, -0.2) is 0 Å². The number of ketones is 1. The second-order valence-electron chi connectivity index (χ2n) is 3.37. The highest BCUT2D eigenvalue weighted by atomic mass is 79.9. The molecule has 0 aliphatic heterocycles. The molecule has 0 saturated heterocycles. The highest BCUT2D eigenvalue weighted by Gasteiger charge is 2.13. The monoisotopic (exact) mass is 251 g/mol. The molecule has 1 aromatic carbocycles. The number of hydrogen-bond acceptors (Lipinski definition) is 1. The zero-order valence-electron chi connectivity index (χ0n) is 8.02. The molecule has 0 aliphatic rings. The van der Waals surface area contributed by atoms with Crippen molar-refractivity contribution in [2.45, 2.75) is 13.8 Å². The highest BCUT2D eigenvalue weighted by molar-refractivity contribution is 9.10. The molecule has 3 heteroatoms. The molecule has 0 atom stereocenters. The third kappa shape index (κ3) is 1.28. The summed E-state index contributed by atoms with van der Waals surface area (Å²) in [7, 11) is 0. The number of halogens is 1. The maximum absolute atomic E-state index is 11.3. The van der Waals surface area contributed by atoms with E-state index in [1.807, 2.05) is 25.1 Å². The molecule has 1 aromatic heterocycles. The van der Waals surface area contributed by atoms with Crippen LogP contribution in [0.2, 0.25) is 0 Å². The Morgan fingerprint density at radius 3 is 2.71 bits per heavy atom. The van der Waals surface area contributed by atoms with Crippen molar-refractivity contribution in [2.75, 3.05) is 0 Å². The van der Waals surface area contributed by atoms with Gasteiger partial charge in [-0.15, -0.1) is 0 Å². The van der Waals surface area contributed by atoms with Gasteiger partial charge in [0.2, 0.25) is 0 Å². The molecule has 0 amide bonds. The van der Waals surface area contributed by atoms with Gasteiger partial charge in [0, 0.05) is 17.8 Å². The van der Waals surface area contributed by atoms with E-state index in [1.54, 1.807) is 6.92 Å². The summed E-state index contributed by atoms with van der Waals surface area (Å²) in [6.07, 6.45) is 0. The molecular weight excluding hydrogens is 242 g/mol. The van der Waals surface area contributed by atoms with Gasteiger partial charge in [0.25, 0.3) is 0 Å². The molecule has 0 fully saturated rings. The SMILES string of the molecule is CC(=O)c1[nH]c2cccc(C)c2c1Br. The predicted molar refractivity (Wildman–Crippen MR) is 60.7 cm³/mol. The van der Waals surface area contributed by atoms with Crippen LogP contribution in [0.25, 0.3) is 10.9 Å².